The van der Waals surface area contributed by atoms with Crippen molar-refractivity contribution >= 4 is 5.78 Å². The summed E-state index contributed by atoms with van der Waals surface area (Å²) in [5.41, 5.74) is 4.95. The zero-order valence-corrected chi connectivity index (χ0v) is 8.27. The number of hydrogen-bond acceptors (Lipinski definition) is 4. The van der Waals surface area contributed by atoms with E-state index >= 15 is 0 Å². The van der Waals surface area contributed by atoms with Crippen molar-refractivity contribution in [3.8, 4) is 0 Å². The van der Waals surface area contributed by atoms with E-state index in [0.717, 1.165) is 0 Å². The van der Waals surface area contributed by atoms with Crippen molar-refractivity contribution in [3.63, 3.8) is 0 Å². The lowest BCUT2D eigenvalue weighted by atomic mass is 9.89. The normalized spacial score (nSPS) is 14.4. The highest BCUT2D eigenvalue weighted by Gasteiger charge is 2.27. The third-order valence-electron chi connectivity index (χ3n) is 1.61. The van der Waals surface area contributed by atoms with E-state index in [1.54, 1.807) is 7.05 Å². The van der Waals surface area contributed by atoms with Crippen molar-refractivity contribution < 1.29 is 4.79 Å². The fourth-order valence-corrected chi connectivity index (χ4v) is 0.877. The number of carbonyl (C=O) groups excluding carboxylic acids is 1. The molecule has 0 aliphatic heterocycles. The standard InChI is InChI=1S/C8H19N3O/c1-8(2,3)6(12)7(10-4)11-5-9/h7,10-11H,5,9H2,1-4H3. The van der Waals surface area contributed by atoms with Crippen LogP contribution in [0.5, 0.6) is 0 Å². The van der Waals surface area contributed by atoms with Crippen molar-refractivity contribution in [2.45, 2.75) is 26.9 Å². The lowest BCUT2D eigenvalue weighted by Crippen LogP contribution is -2.52. The highest BCUT2D eigenvalue weighted by atomic mass is 16.1. The maximum Gasteiger partial charge on any atom is 0.169 e. The van der Waals surface area contributed by atoms with E-state index in [1.165, 1.54) is 0 Å². The Bertz CT molecular complexity index is 151. The molecule has 0 bridgehead atoms. The van der Waals surface area contributed by atoms with Gasteiger partial charge in [0.2, 0.25) is 0 Å². The van der Waals surface area contributed by atoms with E-state index in [9.17, 15) is 4.79 Å². The second-order valence-corrected chi connectivity index (χ2v) is 3.74. The molecule has 0 fully saturated rings. The van der Waals surface area contributed by atoms with E-state index in [-0.39, 0.29) is 17.4 Å². The molecule has 0 amide bonds. The summed E-state index contributed by atoms with van der Waals surface area (Å²) >= 11 is 0. The average Bonchev–Trinajstić information content (AvgIpc) is 1.97. The van der Waals surface area contributed by atoms with E-state index in [4.69, 9.17) is 5.73 Å². The second kappa shape index (κ2) is 4.54. The van der Waals surface area contributed by atoms with Gasteiger partial charge in [-0.25, -0.2) is 0 Å². The number of nitrogens with one attached hydrogen (secondary N) is 2. The zero-order valence-electron chi connectivity index (χ0n) is 8.27. The van der Waals surface area contributed by atoms with E-state index in [1.807, 2.05) is 20.8 Å². The van der Waals surface area contributed by atoms with Gasteiger partial charge in [-0.1, -0.05) is 20.8 Å². The van der Waals surface area contributed by atoms with Gasteiger partial charge in [-0.15, -0.1) is 0 Å². The lowest BCUT2D eigenvalue weighted by molar-refractivity contribution is -0.129. The molecule has 4 N–H and O–H groups in total. The van der Waals surface area contributed by atoms with Crippen molar-refractivity contribution in [1.29, 1.82) is 0 Å². The molecular formula is C8H19N3O. The van der Waals surface area contributed by atoms with Crippen LogP contribution in [0, 0.1) is 5.41 Å². The van der Waals surface area contributed by atoms with Crippen LogP contribution in [-0.2, 0) is 4.79 Å². The summed E-state index contributed by atoms with van der Waals surface area (Å²) in [6.07, 6.45) is -0.338. The maximum atomic E-state index is 11.6. The molecule has 72 valence electrons. The molecule has 0 aromatic rings. The van der Waals surface area contributed by atoms with Crippen molar-refractivity contribution in [2.24, 2.45) is 11.1 Å². The molecule has 12 heavy (non-hydrogen) atoms. The Balaban J connectivity index is 4.22. The molecule has 0 saturated heterocycles. The van der Waals surface area contributed by atoms with Crippen LogP contribution in [0.25, 0.3) is 0 Å². The van der Waals surface area contributed by atoms with Crippen molar-refractivity contribution in [3.05, 3.63) is 0 Å². The molecule has 0 rings (SSSR count). The molecule has 0 aliphatic carbocycles. The minimum absolute atomic E-state index is 0.121. The number of ketones is 1. The number of carbonyl (C=O) groups is 1. The van der Waals surface area contributed by atoms with Gasteiger partial charge < -0.3 is 5.73 Å². The van der Waals surface area contributed by atoms with Crippen LogP contribution in [0.15, 0.2) is 0 Å². The van der Waals surface area contributed by atoms with Crippen LogP contribution in [0.3, 0.4) is 0 Å². The van der Waals surface area contributed by atoms with Gasteiger partial charge >= 0.3 is 0 Å². The summed E-state index contributed by atoms with van der Waals surface area (Å²) in [5.74, 6) is 0.121. The molecule has 0 saturated carbocycles. The molecule has 0 heterocycles. The molecular weight excluding hydrogens is 154 g/mol. The third kappa shape index (κ3) is 3.30. The fraction of sp³-hybridized carbons (Fsp3) is 0.875. The predicted octanol–water partition coefficient (Wildman–Crippen LogP) is -0.347. The first-order chi connectivity index (χ1) is 5.43. The Morgan fingerprint density at radius 2 is 2.00 bits per heavy atom. The summed E-state index contributed by atoms with van der Waals surface area (Å²) in [5, 5.41) is 5.72. The largest absolute Gasteiger partial charge is 0.318 e. The Morgan fingerprint density at radius 1 is 1.50 bits per heavy atom. The first-order valence-electron chi connectivity index (χ1n) is 4.08. The van der Waals surface area contributed by atoms with Crippen LogP contribution in [0.1, 0.15) is 20.8 Å². The van der Waals surface area contributed by atoms with Crippen molar-refractivity contribution in [2.75, 3.05) is 13.7 Å². The Hall–Kier alpha value is -0.450. The molecule has 0 aliphatic rings. The number of Topliss-reactive ketones (excluding diaryl/α,β-unsaturated/α-hetero) is 1. The zero-order chi connectivity index (χ0) is 9.78. The monoisotopic (exact) mass is 173 g/mol. The highest BCUT2D eigenvalue weighted by molar-refractivity contribution is 5.88. The summed E-state index contributed by atoms with van der Waals surface area (Å²) < 4.78 is 0. The SMILES string of the molecule is CNC(NCN)C(=O)C(C)(C)C. The van der Waals surface area contributed by atoms with Gasteiger partial charge in [0.25, 0.3) is 0 Å². The van der Waals surface area contributed by atoms with Gasteiger partial charge in [-0.05, 0) is 7.05 Å². The van der Waals surface area contributed by atoms with Crippen LogP contribution in [0.2, 0.25) is 0 Å². The van der Waals surface area contributed by atoms with E-state index in [0.29, 0.717) is 6.67 Å². The minimum atomic E-state index is -0.338. The number of nitrogens with two attached hydrogens (primary N) is 1. The number of rotatable bonds is 4. The van der Waals surface area contributed by atoms with Gasteiger partial charge in [0.05, 0.1) is 0 Å². The smallest absolute Gasteiger partial charge is 0.169 e. The first kappa shape index (κ1) is 11.6. The topological polar surface area (TPSA) is 67.2 Å². The Kier molecular flexibility index (Phi) is 4.37. The molecule has 1 atom stereocenters. The quantitative estimate of drug-likeness (QED) is 0.508. The van der Waals surface area contributed by atoms with Gasteiger partial charge in [-0.2, -0.15) is 0 Å². The molecule has 1 unspecified atom stereocenters. The molecule has 0 radical (unpaired) electrons. The van der Waals surface area contributed by atoms with Crippen LogP contribution in [-0.4, -0.2) is 25.7 Å². The summed E-state index contributed by atoms with van der Waals surface area (Å²) in [4.78, 5) is 11.6. The maximum absolute atomic E-state index is 11.6. The first-order valence-corrected chi connectivity index (χ1v) is 4.08. The molecule has 0 aromatic carbocycles. The summed E-state index contributed by atoms with van der Waals surface area (Å²) in [6.45, 7) is 5.96. The van der Waals surface area contributed by atoms with Gasteiger partial charge in [0.15, 0.2) is 5.78 Å². The molecule has 0 spiro atoms. The van der Waals surface area contributed by atoms with Crippen LogP contribution < -0.4 is 16.4 Å². The lowest BCUT2D eigenvalue weighted by Gasteiger charge is -2.24. The highest BCUT2D eigenvalue weighted by Crippen LogP contribution is 2.15. The third-order valence-corrected chi connectivity index (χ3v) is 1.61. The number of likely N-dealkylation sites (N-methyl/N-ethyl adjacent to an activating group) is 1. The summed E-state index contributed by atoms with van der Waals surface area (Å²) in [6, 6.07) is 0. The average molecular weight is 173 g/mol. The van der Waals surface area contributed by atoms with E-state index < -0.39 is 0 Å². The van der Waals surface area contributed by atoms with Gasteiger partial charge in [-0.3, -0.25) is 15.4 Å². The molecule has 4 heteroatoms. The summed E-state index contributed by atoms with van der Waals surface area (Å²) in [7, 11) is 1.73. The van der Waals surface area contributed by atoms with Gasteiger partial charge in [0.1, 0.15) is 6.17 Å². The Labute approximate surface area is 73.9 Å². The van der Waals surface area contributed by atoms with Gasteiger partial charge in [0, 0.05) is 12.1 Å². The minimum Gasteiger partial charge on any atom is -0.318 e. The Morgan fingerprint density at radius 3 is 2.25 bits per heavy atom. The van der Waals surface area contributed by atoms with E-state index in [2.05, 4.69) is 10.6 Å². The predicted molar refractivity (Wildman–Crippen MR) is 49.5 cm³/mol. The van der Waals surface area contributed by atoms with Crippen molar-refractivity contribution in [1.82, 2.24) is 10.6 Å². The van der Waals surface area contributed by atoms with Crippen LogP contribution in [0.4, 0.5) is 0 Å². The molecule has 4 nitrogen and oxygen atoms in total. The molecule has 0 aromatic heterocycles. The number of hydrogen-bond donors (Lipinski definition) is 3. The fourth-order valence-electron chi connectivity index (χ4n) is 0.877. The second-order valence-electron chi connectivity index (χ2n) is 3.74. The van der Waals surface area contributed by atoms with Crippen LogP contribution >= 0.6 is 0 Å².